The second kappa shape index (κ2) is 9.12. The molecule has 0 aromatic rings. The average Bonchev–Trinajstić information content (AvgIpc) is 2.51. The number of unbranched alkanes of at least 4 members (excludes halogenated alkanes) is 5. The fraction of sp³-hybridized carbons (Fsp3) is 1.00. The van der Waals surface area contributed by atoms with Gasteiger partial charge in [-0.15, -0.1) is 0 Å². The molecule has 2 aliphatic rings. The van der Waals surface area contributed by atoms with Crippen molar-refractivity contribution in [3.05, 3.63) is 0 Å². The van der Waals surface area contributed by atoms with Gasteiger partial charge < -0.3 is 15.2 Å². The predicted molar refractivity (Wildman–Crippen MR) is 87.4 cm³/mol. The van der Waals surface area contributed by atoms with Gasteiger partial charge >= 0.3 is 0 Å². The molecule has 2 unspecified atom stereocenters. The minimum atomic E-state index is 0.0971. The monoisotopic (exact) mass is 297 g/mol. The van der Waals surface area contributed by atoms with E-state index in [1.54, 1.807) is 0 Å². The maximum atomic E-state index is 6.49. The fourth-order valence-corrected chi connectivity index (χ4v) is 3.92. The Hall–Kier alpha value is -0.120. The van der Waals surface area contributed by atoms with Crippen LogP contribution < -0.4 is 5.73 Å². The van der Waals surface area contributed by atoms with E-state index >= 15 is 0 Å². The molecule has 0 bridgehead atoms. The first-order chi connectivity index (χ1) is 10.3. The van der Waals surface area contributed by atoms with E-state index < -0.39 is 0 Å². The third-order valence-electron chi connectivity index (χ3n) is 5.43. The summed E-state index contributed by atoms with van der Waals surface area (Å²) in [4.78, 5) is 0. The van der Waals surface area contributed by atoms with E-state index in [2.05, 4.69) is 6.92 Å². The van der Waals surface area contributed by atoms with Crippen molar-refractivity contribution in [2.45, 2.75) is 89.2 Å². The van der Waals surface area contributed by atoms with Crippen LogP contribution in [0.25, 0.3) is 0 Å². The zero-order valence-electron chi connectivity index (χ0n) is 13.9. The number of hydrogen-bond acceptors (Lipinski definition) is 3. The molecule has 2 N–H and O–H groups in total. The molecule has 0 aliphatic carbocycles. The first-order valence-corrected chi connectivity index (χ1v) is 9.23. The third-order valence-corrected chi connectivity index (χ3v) is 5.43. The van der Waals surface area contributed by atoms with Crippen LogP contribution in [0.2, 0.25) is 0 Å². The van der Waals surface area contributed by atoms with E-state index in [1.165, 1.54) is 44.9 Å². The van der Waals surface area contributed by atoms with Gasteiger partial charge in [-0.1, -0.05) is 45.4 Å². The summed E-state index contributed by atoms with van der Waals surface area (Å²) in [5.74, 6) is 0.660. The van der Waals surface area contributed by atoms with Crippen LogP contribution >= 0.6 is 0 Å². The Kier molecular flexibility index (Phi) is 7.48. The summed E-state index contributed by atoms with van der Waals surface area (Å²) in [6.45, 7) is 4.89. The highest BCUT2D eigenvalue weighted by Gasteiger charge is 2.40. The SMILES string of the molecule is CCCCCCCCC(N)C1CCOC2(CCOCC2)C1. The molecule has 2 rings (SSSR count). The van der Waals surface area contributed by atoms with Crippen molar-refractivity contribution in [2.75, 3.05) is 19.8 Å². The quantitative estimate of drug-likeness (QED) is 0.688. The minimum Gasteiger partial charge on any atom is -0.381 e. The van der Waals surface area contributed by atoms with E-state index in [9.17, 15) is 0 Å². The Morgan fingerprint density at radius 3 is 2.52 bits per heavy atom. The minimum absolute atomic E-state index is 0.0971. The molecule has 0 amide bonds. The summed E-state index contributed by atoms with van der Waals surface area (Å²) in [5, 5.41) is 0. The molecule has 2 aliphatic heterocycles. The van der Waals surface area contributed by atoms with Crippen molar-refractivity contribution < 1.29 is 9.47 Å². The fourth-order valence-electron chi connectivity index (χ4n) is 3.92. The molecular formula is C18H35NO2. The van der Waals surface area contributed by atoms with Crippen molar-refractivity contribution >= 4 is 0 Å². The molecule has 2 fully saturated rings. The normalized spacial score (nSPS) is 26.9. The Morgan fingerprint density at radius 1 is 1.05 bits per heavy atom. The van der Waals surface area contributed by atoms with Gasteiger partial charge in [-0.05, 0) is 38.0 Å². The molecule has 0 saturated carbocycles. The predicted octanol–water partition coefficient (Wildman–Crippen LogP) is 4.04. The molecule has 124 valence electrons. The second-order valence-electron chi connectivity index (χ2n) is 7.12. The van der Waals surface area contributed by atoms with Gasteiger partial charge in [0.25, 0.3) is 0 Å². The van der Waals surface area contributed by atoms with Crippen LogP contribution in [0.1, 0.15) is 77.6 Å². The van der Waals surface area contributed by atoms with Gasteiger partial charge in [-0.2, -0.15) is 0 Å². The summed E-state index contributed by atoms with van der Waals surface area (Å²) in [6.07, 6.45) is 13.8. The topological polar surface area (TPSA) is 44.5 Å². The van der Waals surface area contributed by atoms with Crippen molar-refractivity contribution in [1.82, 2.24) is 0 Å². The van der Waals surface area contributed by atoms with Crippen LogP contribution in [0.15, 0.2) is 0 Å². The first kappa shape index (κ1) is 17.2. The highest BCUT2D eigenvalue weighted by Crippen LogP contribution is 2.38. The molecular weight excluding hydrogens is 262 g/mol. The van der Waals surface area contributed by atoms with Gasteiger partial charge in [-0.25, -0.2) is 0 Å². The molecule has 0 aromatic heterocycles. The van der Waals surface area contributed by atoms with Crippen molar-refractivity contribution in [2.24, 2.45) is 11.7 Å². The molecule has 0 aromatic carbocycles. The lowest BCUT2D eigenvalue weighted by atomic mass is 9.77. The smallest absolute Gasteiger partial charge is 0.0729 e. The van der Waals surface area contributed by atoms with Crippen molar-refractivity contribution in [3.63, 3.8) is 0 Å². The lowest BCUT2D eigenvalue weighted by molar-refractivity contribution is -0.149. The molecule has 1 spiro atoms. The summed E-state index contributed by atoms with van der Waals surface area (Å²) in [5.41, 5.74) is 6.59. The molecule has 21 heavy (non-hydrogen) atoms. The summed E-state index contributed by atoms with van der Waals surface area (Å²) in [7, 11) is 0. The van der Waals surface area contributed by atoms with Gasteiger partial charge in [0.15, 0.2) is 0 Å². The van der Waals surface area contributed by atoms with Gasteiger partial charge in [0.1, 0.15) is 0 Å². The van der Waals surface area contributed by atoms with E-state index in [-0.39, 0.29) is 5.60 Å². The van der Waals surface area contributed by atoms with E-state index in [1.807, 2.05) is 0 Å². The zero-order chi connectivity index (χ0) is 15.0. The molecule has 2 heterocycles. The maximum Gasteiger partial charge on any atom is 0.0729 e. The standard InChI is InChI=1S/C18H35NO2/c1-2-3-4-5-6-7-8-17(19)16-9-12-21-18(15-16)10-13-20-14-11-18/h16-17H,2-15,19H2,1H3. The van der Waals surface area contributed by atoms with Crippen LogP contribution in [-0.4, -0.2) is 31.5 Å². The van der Waals surface area contributed by atoms with Crippen molar-refractivity contribution in [3.8, 4) is 0 Å². The van der Waals surface area contributed by atoms with E-state index in [0.29, 0.717) is 12.0 Å². The Morgan fingerprint density at radius 2 is 1.76 bits per heavy atom. The Balaban J connectivity index is 1.65. The molecule has 2 saturated heterocycles. The average molecular weight is 297 g/mol. The number of rotatable bonds is 8. The molecule has 2 atom stereocenters. The van der Waals surface area contributed by atoms with Crippen LogP contribution in [0, 0.1) is 5.92 Å². The second-order valence-corrected chi connectivity index (χ2v) is 7.12. The number of ether oxygens (including phenoxy) is 2. The van der Waals surface area contributed by atoms with Gasteiger partial charge in [0, 0.05) is 25.9 Å². The molecule has 3 heteroatoms. The lowest BCUT2D eigenvalue weighted by Crippen LogP contribution is -2.48. The first-order valence-electron chi connectivity index (χ1n) is 9.23. The van der Waals surface area contributed by atoms with Crippen LogP contribution in [-0.2, 0) is 9.47 Å². The van der Waals surface area contributed by atoms with Gasteiger partial charge in [0.05, 0.1) is 5.60 Å². The highest BCUT2D eigenvalue weighted by atomic mass is 16.5. The number of nitrogens with two attached hydrogens (primary N) is 1. The third kappa shape index (κ3) is 5.54. The van der Waals surface area contributed by atoms with Crippen molar-refractivity contribution in [1.29, 1.82) is 0 Å². The summed E-state index contributed by atoms with van der Waals surface area (Å²) in [6, 6.07) is 0.375. The van der Waals surface area contributed by atoms with Crippen LogP contribution in [0.3, 0.4) is 0 Å². The molecule has 3 nitrogen and oxygen atoms in total. The van der Waals surface area contributed by atoms with Gasteiger partial charge in [-0.3, -0.25) is 0 Å². The Labute approximate surface area is 130 Å². The van der Waals surface area contributed by atoms with E-state index in [0.717, 1.165) is 45.5 Å². The highest BCUT2D eigenvalue weighted by molar-refractivity contribution is 4.91. The Bertz CT molecular complexity index is 271. The zero-order valence-corrected chi connectivity index (χ0v) is 13.9. The summed E-state index contributed by atoms with van der Waals surface area (Å²) >= 11 is 0. The van der Waals surface area contributed by atoms with Crippen LogP contribution in [0.4, 0.5) is 0 Å². The van der Waals surface area contributed by atoms with Crippen LogP contribution in [0.5, 0.6) is 0 Å². The maximum absolute atomic E-state index is 6.49. The largest absolute Gasteiger partial charge is 0.381 e. The lowest BCUT2D eigenvalue weighted by Gasteiger charge is -2.44. The molecule has 0 radical (unpaired) electrons. The number of hydrogen-bond donors (Lipinski definition) is 1. The van der Waals surface area contributed by atoms with E-state index in [4.69, 9.17) is 15.2 Å². The summed E-state index contributed by atoms with van der Waals surface area (Å²) < 4.78 is 11.6. The van der Waals surface area contributed by atoms with Gasteiger partial charge in [0.2, 0.25) is 0 Å².